The zero-order chi connectivity index (χ0) is 10.1. The number of nitro groups is 1. The van der Waals surface area contributed by atoms with Gasteiger partial charge >= 0.3 is 0 Å². The monoisotopic (exact) mass is 185 g/mol. The van der Waals surface area contributed by atoms with Crippen LogP contribution in [0, 0.1) is 15.5 Å². The molecule has 13 heavy (non-hydrogen) atoms. The summed E-state index contributed by atoms with van der Waals surface area (Å²) in [7, 11) is 0. The maximum Gasteiger partial charge on any atom is 0.211 e. The smallest absolute Gasteiger partial charge is 0.211 e. The quantitative estimate of drug-likeness (QED) is 0.497. The molecular formula is C9H15NO3. The zero-order valence-electron chi connectivity index (χ0n) is 8.08. The highest BCUT2D eigenvalue weighted by Crippen LogP contribution is 2.38. The predicted molar refractivity (Wildman–Crippen MR) is 48.0 cm³/mol. The molecule has 1 rings (SSSR count). The Morgan fingerprint density at radius 3 is 2.69 bits per heavy atom. The minimum absolute atomic E-state index is 0.196. The Kier molecular flexibility index (Phi) is 2.68. The fourth-order valence-electron chi connectivity index (χ4n) is 2.02. The van der Waals surface area contributed by atoms with Gasteiger partial charge in [-0.1, -0.05) is 6.92 Å². The van der Waals surface area contributed by atoms with E-state index in [4.69, 9.17) is 0 Å². The van der Waals surface area contributed by atoms with E-state index in [1.807, 2.05) is 6.92 Å². The van der Waals surface area contributed by atoms with Crippen LogP contribution in [-0.2, 0) is 4.79 Å². The number of ketones is 1. The van der Waals surface area contributed by atoms with Crippen molar-refractivity contribution in [1.82, 2.24) is 0 Å². The van der Waals surface area contributed by atoms with Crippen LogP contribution in [0.5, 0.6) is 0 Å². The van der Waals surface area contributed by atoms with Gasteiger partial charge in [0.1, 0.15) is 5.78 Å². The number of Topliss-reactive ketones (excluding diaryl/α,β-unsaturated/α-hetero) is 1. The molecule has 0 N–H and O–H groups in total. The van der Waals surface area contributed by atoms with Crippen LogP contribution >= 0.6 is 0 Å². The number of nitrogens with zero attached hydrogens (tertiary/aromatic N) is 1. The molecular weight excluding hydrogens is 170 g/mol. The molecule has 1 aliphatic rings. The van der Waals surface area contributed by atoms with Gasteiger partial charge in [-0.25, -0.2) is 0 Å². The Bertz CT molecular complexity index is 239. The van der Waals surface area contributed by atoms with Gasteiger partial charge in [0.05, 0.1) is 0 Å². The third-order valence-electron chi connectivity index (χ3n) is 2.91. The second kappa shape index (κ2) is 3.44. The van der Waals surface area contributed by atoms with Crippen LogP contribution in [0.3, 0.4) is 0 Å². The Balaban J connectivity index is 2.61. The molecule has 4 nitrogen and oxygen atoms in total. The SMILES string of the molecule is C[C@H](C[C@@]1(C)CCCC1=O)[N+](=O)[O-]. The molecule has 0 spiro atoms. The summed E-state index contributed by atoms with van der Waals surface area (Å²) in [5.74, 6) is 0.196. The standard InChI is InChI=1S/C9H15NO3/c1-7(10(12)13)6-9(2)5-3-4-8(9)11/h7H,3-6H2,1-2H3/t7-,9-/m1/s1. The summed E-state index contributed by atoms with van der Waals surface area (Å²) in [5, 5.41) is 10.4. The van der Waals surface area contributed by atoms with E-state index in [1.165, 1.54) is 0 Å². The first-order valence-electron chi connectivity index (χ1n) is 4.62. The fourth-order valence-corrected chi connectivity index (χ4v) is 2.02. The van der Waals surface area contributed by atoms with Crippen molar-refractivity contribution in [3.05, 3.63) is 10.1 Å². The van der Waals surface area contributed by atoms with Crippen molar-refractivity contribution in [3.8, 4) is 0 Å². The molecule has 2 atom stereocenters. The van der Waals surface area contributed by atoms with Gasteiger partial charge in [0.2, 0.25) is 6.04 Å². The molecule has 0 unspecified atom stereocenters. The van der Waals surface area contributed by atoms with Crippen LogP contribution < -0.4 is 0 Å². The van der Waals surface area contributed by atoms with Crippen molar-refractivity contribution >= 4 is 5.78 Å². The Hall–Kier alpha value is -0.930. The molecule has 0 aromatic rings. The molecule has 0 amide bonds. The number of hydrogen-bond acceptors (Lipinski definition) is 3. The topological polar surface area (TPSA) is 60.2 Å². The van der Waals surface area contributed by atoms with Gasteiger partial charge < -0.3 is 0 Å². The summed E-state index contributed by atoms with van der Waals surface area (Å²) in [6, 6.07) is -0.605. The van der Waals surface area contributed by atoms with Gasteiger partial charge in [0.15, 0.2) is 0 Å². The van der Waals surface area contributed by atoms with E-state index in [9.17, 15) is 14.9 Å². The summed E-state index contributed by atoms with van der Waals surface area (Å²) < 4.78 is 0. The Labute approximate surface area is 77.5 Å². The summed E-state index contributed by atoms with van der Waals surface area (Å²) in [6.07, 6.45) is 2.68. The van der Waals surface area contributed by atoms with Crippen molar-refractivity contribution in [2.45, 2.75) is 45.6 Å². The third-order valence-corrected chi connectivity index (χ3v) is 2.91. The van der Waals surface area contributed by atoms with Gasteiger partial charge in [0.25, 0.3) is 0 Å². The molecule has 4 heteroatoms. The molecule has 0 aromatic heterocycles. The van der Waals surface area contributed by atoms with E-state index < -0.39 is 11.5 Å². The highest BCUT2D eigenvalue weighted by Gasteiger charge is 2.40. The summed E-state index contributed by atoms with van der Waals surface area (Å²) in [5.41, 5.74) is -0.424. The number of rotatable bonds is 3. The number of hydrogen-bond donors (Lipinski definition) is 0. The van der Waals surface area contributed by atoms with E-state index in [-0.39, 0.29) is 10.7 Å². The van der Waals surface area contributed by atoms with E-state index in [2.05, 4.69) is 0 Å². The average Bonchev–Trinajstić information content (AvgIpc) is 2.32. The average molecular weight is 185 g/mol. The van der Waals surface area contributed by atoms with Crippen LogP contribution in [0.1, 0.15) is 39.5 Å². The summed E-state index contributed by atoms with van der Waals surface area (Å²) in [4.78, 5) is 21.6. The van der Waals surface area contributed by atoms with Crippen LogP contribution in [0.25, 0.3) is 0 Å². The lowest BCUT2D eigenvalue weighted by Gasteiger charge is -2.21. The van der Waals surface area contributed by atoms with Crippen LogP contribution in [-0.4, -0.2) is 16.7 Å². The first kappa shape index (κ1) is 10.2. The second-order valence-electron chi connectivity index (χ2n) is 4.18. The Morgan fingerprint density at radius 1 is 1.69 bits per heavy atom. The highest BCUT2D eigenvalue weighted by molar-refractivity contribution is 5.86. The van der Waals surface area contributed by atoms with E-state index in [0.717, 1.165) is 12.8 Å². The predicted octanol–water partition coefficient (Wildman–Crippen LogP) is 1.80. The molecule has 1 aliphatic carbocycles. The normalized spacial score (nSPS) is 30.5. The summed E-state index contributed by atoms with van der Waals surface area (Å²) in [6.45, 7) is 3.42. The zero-order valence-corrected chi connectivity index (χ0v) is 8.08. The largest absolute Gasteiger partial charge is 0.299 e. The fraction of sp³-hybridized carbons (Fsp3) is 0.889. The third kappa shape index (κ3) is 2.05. The molecule has 74 valence electrons. The minimum atomic E-state index is -0.605. The lowest BCUT2D eigenvalue weighted by atomic mass is 9.82. The van der Waals surface area contributed by atoms with Gasteiger partial charge in [-0.2, -0.15) is 0 Å². The maximum atomic E-state index is 11.4. The molecule has 1 saturated carbocycles. The van der Waals surface area contributed by atoms with Gasteiger partial charge in [-0.15, -0.1) is 0 Å². The van der Waals surface area contributed by atoms with Crippen molar-refractivity contribution in [2.24, 2.45) is 5.41 Å². The summed E-state index contributed by atoms with van der Waals surface area (Å²) >= 11 is 0. The van der Waals surface area contributed by atoms with Crippen molar-refractivity contribution < 1.29 is 9.72 Å². The minimum Gasteiger partial charge on any atom is -0.299 e. The van der Waals surface area contributed by atoms with Crippen LogP contribution in [0.15, 0.2) is 0 Å². The van der Waals surface area contributed by atoms with Crippen LogP contribution in [0.4, 0.5) is 0 Å². The van der Waals surface area contributed by atoms with Crippen molar-refractivity contribution in [2.75, 3.05) is 0 Å². The number of carbonyl (C=O) groups excluding carboxylic acids is 1. The Morgan fingerprint density at radius 2 is 2.31 bits per heavy atom. The van der Waals surface area contributed by atoms with Crippen LogP contribution in [0.2, 0.25) is 0 Å². The maximum absolute atomic E-state index is 11.4. The number of carbonyl (C=O) groups is 1. The highest BCUT2D eigenvalue weighted by atomic mass is 16.6. The molecule has 0 radical (unpaired) electrons. The van der Waals surface area contributed by atoms with Crippen molar-refractivity contribution in [1.29, 1.82) is 0 Å². The molecule has 0 aromatic carbocycles. The molecule has 0 bridgehead atoms. The molecule has 0 saturated heterocycles. The van der Waals surface area contributed by atoms with E-state index >= 15 is 0 Å². The van der Waals surface area contributed by atoms with E-state index in [0.29, 0.717) is 12.8 Å². The van der Waals surface area contributed by atoms with Crippen molar-refractivity contribution in [3.63, 3.8) is 0 Å². The first-order valence-corrected chi connectivity index (χ1v) is 4.62. The van der Waals surface area contributed by atoms with E-state index in [1.54, 1.807) is 6.92 Å². The molecule has 0 aliphatic heterocycles. The lowest BCUT2D eigenvalue weighted by Crippen LogP contribution is -2.29. The lowest BCUT2D eigenvalue weighted by molar-refractivity contribution is -0.521. The van der Waals surface area contributed by atoms with Gasteiger partial charge in [-0.05, 0) is 12.8 Å². The molecule has 0 heterocycles. The first-order chi connectivity index (χ1) is 5.96. The molecule has 1 fully saturated rings. The van der Waals surface area contributed by atoms with Gasteiger partial charge in [0, 0.05) is 30.1 Å². The van der Waals surface area contributed by atoms with Gasteiger partial charge in [-0.3, -0.25) is 14.9 Å². The second-order valence-corrected chi connectivity index (χ2v) is 4.18.